The van der Waals surface area contributed by atoms with E-state index in [4.69, 9.17) is 5.26 Å². The van der Waals surface area contributed by atoms with Gasteiger partial charge in [-0.15, -0.1) is 0 Å². The second-order valence-electron chi connectivity index (χ2n) is 3.34. The lowest BCUT2D eigenvalue weighted by Crippen LogP contribution is -2.12. The van der Waals surface area contributed by atoms with Gasteiger partial charge in [-0.05, 0) is 19.1 Å². The maximum absolute atomic E-state index is 11.6. The summed E-state index contributed by atoms with van der Waals surface area (Å²) in [6.07, 6.45) is 0. The lowest BCUT2D eigenvalue weighted by atomic mass is 9.97. The van der Waals surface area contributed by atoms with Crippen molar-refractivity contribution in [1.29, 1.82) is 5.26 Å². The summed E-state index contributed by atoms with van der Waals surface area (Å²) >= 11 is 3.18. The van der Waals surface area contributed by atoms with E-state index in [-0.39, 0.29) is 16.9 Å². The summed E-state index contributed by atoms with van der Waals surface area (Å²) in [6.45, 7) is 1.38. The maximum atomic E-state index is 11.6. The Hall–Kier alpha value is -1.67. The van der Waals surface area contributed by atoms with Gasteiger partial charge in [0.15, 0.2) is 0 Å². The number of hydrogen-bond donors (Lipinski definition) is 0. The third kappa shape index (κ3) is 2.71. The molecule has 0 aliphatic carbocycles. The first-order valence-corrected chi connectivity index (χ1v) is 5.70. The average Bonchev–Trinajstić information content (AvgIpc) is 2.35. The van der Waals surface area contributed by atoms with Crippen LogP contribution in [0.25, 0.3) is 0 Å². The molecule has 0 radical (unpaired) electrons. The Morgan fingerprint density at radius 1 is 1.47 bits per heavy atom. The molecule has 0 amide bonds. The van der Waals surface area contributed by atoms with Crippen molar-refractivity contribution >= 4 is 27.7 Å². The number of carbonyl (C=O) groups is 2. The standard InChI is InChI=1S/C12H10BrNO3/c1-7(15)11(13)10-8(6-14)4-3-5-9(10)12(16)17-2/h3-5,11H,1-2H3. The molecular weight excluding hydrogens is 286 g/mol. The summed E-state index contributed by atoms with van der Waals surface area (Å²) in [7, 11) is 1.25. The quantitative estimate of drug-likeness (QED) is 0.634. The van der Waals surface area contributed by atoms with Crippen LogP contribution in [0.2, 0.25) is 0 Å². The third-order valence-corrected chi connectivity index (χ3v) is 3.34. The van der Waals surface area contributed by atoms with Crippen molar-refractivity contribution in [1.82, 2.24) is 0 Å². The van der Waals surface area contributed by atoms with Crippen molar-refractivity contribution in [2.45, 2.75) is 11.8 Å². The van der Waals surface area contributed by atoms with E-state index in [1.165, 1.54) is 20.1 Å². The topological polar surface area (TPSA) is 67.2 Å². The molecule has 4 nitrogen and oxygen atoms in total. The molecule has 5 heteroatoms. The molecule has 0 bridgehead atoms. The predicted molar refractivity (Wildman–Crippen MR) is 64.8 cm³/mol. The number of halogens is 1. The molecule has 1 aromatic carbocycles. The number of Topliss-reactive ketones (excluding diaryl/α,β-unsaturated/α-hetero) is 1. The molecule has 0 aromatic heterocycles. The average molecular weight is 296 g/mol. The number of rotatable bonds is 3. The van der Waals surface area contributed by atoms with E-state index in [0.29, 0.717) is 5.56 Å². The van der Waals surface area contributed by atoms with Gasteiger partial charge in [-0.25, -0.2) is 4.79 Å². The molecule has 0 saturated carbocycles. The normalized spacial score (nSPS) is 11.4. The number of nitrogens with zero attached hydrogens (tertiary/aromatic N) is 1. The van der Waals surface area contributed by atoms with Crippen LogP contribution in [0.15, 0.2) is 18.2 Å². The first-order valence-electron chi connectivity index (χ1n) is 4.78. The Balaban J connectivity index is 3.47. The van der Waals surface area contributed by atoms with Gasteiger partial charge in [0.1, 0.15) is 5.78 Å². The van der Waals surface area contributed by atoms with Crippen LogP contribution in [-0.4, -0.2) is 18.9 Å². The number of alkyl halides is 1. The minimum atomic E-state index is -0.688. The molecule has 0 aliphatic rings. The van der Waals surface area contributed by atoms with Gasteiger partial charge in [0, 0.05) is 5.56 Å². The van der Waals surface area contributed by atoms with Crippen LogP contribution in [0.5, 0.6) is 0 Å². The van der Waals surface area contributed by atoms with Gasteiger partial charge >= 0.3 is 5.97 Å². The number of ketones is 1. The smallest absolute Gasteiger partial charge is 0.338 e. The molecule has 0 heterocycles. The molecule has 0 saturated heterocycles. The van der Waals surface area contributed by atoms with E-state index < -0.39 is 10.8 Å². The molecule has 0 spiro atoms. The number of ether oxygens (including phenoxy) is 1. The molecule has 17 heavy (non-hydrogen) atoms. The Bertz CT molecular complexity index is 505. The highest BCUT2D eigenvalue weighted by molar-refractivity contribution is 9.09. The molecule has 88 valence electrons. The van der Waals surface area contributed by atoms with Crippen molar-refractivity contribution < 1.29 is 14.3 Å². The minimum Gasteiger partial charge on any atom is -0.465 e. The lowest BCUT2D eigenvalue weighted by Gasteiger charge is -2.12. The molecule has 0 aliphatic heterocycles. The highest BCUT2D eigenvalue weighted by atomic mass is 79.9. The fourth-order valence-corrected chi connectivity index (χ4v) is 1.92. The summed E-state index contributed by atoms with van der Waals surface area (Å²) in [6, 6.07) is 6.62. The fourth-order valence-electron chi connectivity index (χ4n) is 1.43. The van der Waals surface area contributed by atoms with Crippen molar-refractivity contribution in [3.8, 4) is 6.07 Å². The van der Waals surface area contributed by atoms with Gasteiger partial charge in [0.05, 0.1) is 29.1 Å². The summed E-state index contributed by atoms with van der Waals surface area (Å²) in [5.74, 6) is -0.749. The monoisotopic (exact) mass is 295 g/mol. The highest BCUT2D eigenvalue weighted by Gasteiger charge is 2.24. The van der Waals surface area contributed by atoms with E-state index in [9.17, 15) is 9.59 Å². The van der Waals surface area contributed by atoms with Crippen LogP contribution >= 0.6 is 15.9 Å². The summed E-state index contributed by atoms with van der Waals surface area (Å²) in [5.41, 5.74) is 0.864. The second-order valence-corrected chi connectivity index (χ2v) is 4.26. The summed E-state index contributed by atoms with van der Waals surface area (Å²) < 4.78 is 4.63. The van der Waals surface area contributed by atoms with Gasteiger partial charge in [-0.3, -0.25) is 4.79 Å². The van der Waals surface area contributed by atoms with Gasteiger partial charge in [-0.1, -0.05) is 22.0 Å². The van der Waals surface area contributed by atoms with Crippen LogP contribution in [0.1, 0.15) is 33.2 Å². The SMILES string of the molecule is COC(=O)c1cccc(C#N)c1C(Br)C(C)=O. The summed E-state index contributed by atoms with van der Waals surface area (Å²) in [5, 5.41) is 8.99. The van der Waals surface area contributed by atoms with Crippen LogP contribution < -0.4 is 0 Å². The zero-order valence-corrected chi connectivity index (χ0v) is 10.9. The van der Waals surface area contributed by atoms with Crippen LogP contribution in [-0.2, 0) is 9.53 Å². The minimum absolute atomic E-state index is 0.183. The molecule has 1 atom stereocenters. The summed E-state index contributed by atoms with van der Waals surface area (Å²) in [4.78, 5) is 22.2. The van der Waals surface area contributed by atoms with Gasteiger partial charge in [0.2, 0.25) is 0 Å². The highest BCUT2D eigenvalue weighted by Crippen LogP contribution is 2.30. The Morgan fingerprint density at radius 3 is 2.59 bits per heavy atom. The first-order chi connectivity index (χ1) is 8.02. The fraction of sp³-hybridized carbons (Fsp3) is 0.250. The van der Waals surface area contributed by atoms with Crippen molar-refractivity contribution in [3.05, 3.63) is 34.9 Å². The van der Waals surface area contributed by atoms with Crippen LogP contribution in [0.3, 0.4) is 0 Å². The number of methoxy groups -OCH3 is 1. The van der Waals surface area contributed by atoms with Crippen molar-refractivity contribution in [2.75, 3.05) is 7.11 Å². The second kappa shape index (κ2) is 5.60. The predicted octanol–water partition coefficient (Wildman–Crippen LogP) is 2.37. The van der Waals surface area contributed by atoms with E-state index in [0.717, 1.165) is 0 Å². The number of hydrogen-bond acceptors (Lipinski definition) is 4. The molecule has 1 aromatic rings. The number of carbonyl (C=O) groups excluding carboxylic acids is 2. The van der Waals surface area contributed by atoms with Gasteiger partial charge in [0.25, 0.3) is 0 Å². The van der Waals surface area contributed by atoms with E-state index in [1.807, 2.05) is 6.07 Å². The molecule has 0 fully saturated rings. The Labute approximate surface area is 107 Å². The lowest BCUT2D eigenvalue weighted by molar-refractivity contribution is -0.116. The number of esters is 1. The van der Waals surface area contributed by atoms with Gasteiger partial charge < -0.3 is 4.74 Å². The van der Waals surface area contributed by atoms with E-state index in [1.54, 1.807) is 12.1 Å². The van der Waals surface area contributed by atoms with Crippen molar-refractivity contribution in [2.24, 2.45) is 0 Å². The van der Waals surface area contributed by atoms with Crippen LogP contribution in [0.4, 0.5) is 0 Å². The maximum Gasteiger partial charge on any atom is 0.338 e. The Kier molecular flexibility index (Phi) is 4.41. The Morgan fingerprint density at radius 2 is 2.12 bits per heavy atom. The van der Waals surface area contributed by atoms with Crippen LogP contribution in [0, 0.1) is 11.3 Å². The van der Waals surface area contributed by atoms with Gasteiger partial charge in [-0.2, -0.15) is 5.26 Å². The molecular formula is C12H10BrNO3. The van der Waals surface area contributed by atoms with E-state index in [2.05, 4.69) is 20.7 Å². The zero-order valence-electron chi connectivity index (χ0n) is 9.36. The number of nitriles is 1. The third-order valence-electron chi connectivity index (χ3n) is 2.24. The first kappa shape index (κ1) is 13.4. The zero-order chi connectivity index (χ0) is 13.0. The molecule has 0 N–H and O–H groups in total. The molecule has 1 unspecified atom stereocenters. The molecule has 1 rings (SSSR count). The largest absolute Gasteiger partial charge is 0.465 e. The number of benzene rings is 1. The van der Waals surface area contributed by atoms with E-state index >= 15 is 0 Å². The van der Waals surface area contributed by atoms with Crippen molar-refractivity contribution in [3.63, 3.8) is 0 Å².